The predicted molar refractivity (Wildman–Crippen MR) is 129 cm³/mol. The van der Waals surface area contributed by atoms with E-state index in [4.69, 9.17) is 0 Å². The first kappa shape index (κ1) is 20.6. The van der Waals surface area contributed by atoms with Gasteiger partial charge in [0, 0.05) is 6.54 Å². The van der Waals surface area contributed by atoms with Crippen molar-refractivity contribution in [3.63, 3.8) is 0 Å². The monoisotopic (exact) mass is 434 g/mol. The number of aromatic nitrogens is 3. The van der Waals surface area contributed by atoms with Crippen LogP contribution in [-0.2, 0) is 17.8 Å². The third-order valence-corrected chi connectivity index (χ3v) is 5.80. The summed E-state index contributed by atoms with van der Waals surface area (Å²) in [7, 11) is 0. The number of amides is 1. The van der Waals surface area contributed by atoms with Gasteiger partial charge < -0.3 is 5.32 Å². The van der Waals surface area contributed by atoms with E-state index < -0.39 is 0 Å². The average Bonchev–Trinajstić information content (AvgIpc) is 2.84. The van der Waals surface area contributed by atoms with Gasteiger partial charge in [-0.2, -0.15) is 4.68 Å². The van der Waals surface area contributed by atoms with E-state index in [1.807, 2.05) is 55.5 Å². The molecule has 1 aromatic heterocycles. The molecule has 0 saturated carbocycles. The van der Waals surface area contributed by atoms with E-state index in [9.17, 15) is 9.59 Å². The van der Waals surface area contributed by atoms with Gasteiger partial charge in [0.1, 0.15) is 5.52 Å². The SMILES string of the molecule is Cc1cccc2c(=O)n(-c3ccc(CC(=O)NCc4cccc5ccccc45)cc3)nnc12. The first-order chi connectivity index (χ1) is 16.1. The first-order valence-corrected chi connectivity index (χ1v) is 10.8. The van der Waals surface area contributed by atoms with Crippen LogP contribution in [0.5, 0.6) is 0 Å². The standard InChI is InChI=1S/C27H22N4O2/c1-18-6-4-11-24-26(18)29-30-31(27(24)33)22-14-12-19(13-15-22)16-25(32)28-17-21-9-5-8-20-7-2-3-10-23(20)21/h2-15H,16-17H2,1H3,(H,28,32). The van der Waals surface area contributed by atoms with Gasteiger partial charge in [-0.05, 0) is 52.6 Å². The van der Waals surface area contributed by atoms with Gasteiger partial charge in [-0.15, -0.1) is 5.10 Å². The van der Waals surface area contributed by atoms with Crippen LogP contribution in [0.4, 0.5) is 0 Å². The van der Waals surface area contributed by atoms with Crippen LogP contribution in [0.25, 0.3) is 27.4 Å². The Bertz CT molecular complexity index is 1530. The van der Waals surface area contributed by atoms with E-state index in [1.54, 1.807) is 18.2 Å². The van der Waals surface area contributed by atoms with Gasteiger partial charge in [0.2, 0.25) is 5.91 Å². The Balaban J connectivity index is 1.29. The van der Waals surface area contributed by atoms with Crippen LogP contribution in [0.1, 0.15) is 16.7 Å². The summed E-state index contributed by atoms with van der Waals surface area (Å²) >= 11 is 0. The van der Waals surface area contributed by atoms with Crippen molar-refractivity contribution in [3.05, 3.63) is 112 Å². The van der Waals surface area contributed by atoms with Crippen LogP contribution >= 0.6 is 0 Å². The maximum absolute atomic E-state index is 12.9. The lowest BCUT2D eigenvalue weighted by Gasteiger charge is -2.09. The number of nitrogens with one attached hydrogen (secondary N) is 1. The minimum atomic E-state index is -0.218. The molecule has 0 aliphatic carbocycles. The van der Waals surface area contributed by atoms with Gasteiger partial charge in [0.15, 0.2) is 0 Å². The molecule has 1 N–H and O–H groups in total. The quantitative estimate of drug-likeness (QED) is 0.452. The highest BCUT2D eigenvalue weighted by Crippen LogP contribution is 2.18. The topological polar surface area (TPSA) is 76.9 Å². The Morgan fingerprint density at radius 3 is 2.45 bits per heavy atom. The smallest absolute Gasteiger partial charge is 0.282 e. The molecule has 6 heteroatoms. The van der Waals surface area contributed by atoms with Crippen molar-refractivity contribution in [1.82, 2.24) is 20.3 Å². The Hall–Kier alpha value is -4.32. The van der Waals surface area contributed by atoms with E-state index in [-0.39, 0.29) is 17.9 Å². The van der Waals surface area contributed by atoms with Crippen LogP contribution in [0, 0.1) is 6.92 Å². The Labute approximate surface area is 190 Å². The third kappa shape index (κ3) is 4.11. The number of rotatable bonds is 5. The number of fused-ring (bicyclic) bond motifs is 2. The summed E-state index contributed by atoms with van der Waals surface area (Å²) in [6, 6.07) is 27.0. The molecule has 0 saturated heterocycles. The molecule has 0 bridgehead atoms. The number of aryl methyl sites for hydroxylation is 1. The molecule has 6 nitrogen and oxygen atoms in total. The highest BCUT2D eigenvalue weighted by atomic mass is 16.1. The summed E-state index contributed by atoms with van der Waals surface area (Å²) < 4.78 is 1.28. The molecule has 1 heterocycles. The second-order valence-corrected chi connectivity index (χ2v) is 8.04. The predicted octanol–water partition coefficient (Wildman–Crippen LogP) is 4.10. The summed E-state index contributed by atoms with van der Waals surface area (Å²) in [5.41, 5.74) is 3.85. The fourth-order valence-corrected chi connectivity index (χ4v) is 4.02. The lowest BCUT2D eigenvalue weighted by molar-refractivity contribution is -0.120. The fraction of sp³-hybridized carbons (Fsp3) is 0.111. The molecule has 33 heavy (non-hydrogen) atoms. The minimum absolute atomic E-state index is 0.0613. The third-order valence-electron chi connectivity index (χ3n) is 5.80. The van der Waals surface area contributed by atoms with Crippen molar-refractivity contribution in [3.8, 4) is 5.69 Å². The number of nitrogens with zero attached hydrogens (tertiary/aromatic N) is 3. The molecule has 4 aromatic carbocycles. The van der Waals surface area contributed by atoms with Crippen molar-refractivity contribution in [2.75, 3.05) is 0 Å². The highest BCUT2D eigenvalue weighted by Gasteiger charge is 2.10. The van der Waals surface area contributed by atoms with Crippen LogP contribution in [-0.4, -0.2) is 20.9 Å². The molecule has 0 spiro atoms. The van der Waals surface area contributed by atoms with E-state index in [1.165, 1.54) is 4.68 Å². The Kier molecular flexibility index (Phi) is 5.40. The lowest BCUT2D eigenvalue weighted by atomic mass is 10.0. The molecule has 5 rings (SSSR count). The van der Waals surface area contributed by atoms with Gasteiger partial charge >= 0.3 is 0 Å². The largest absolute Gasteiger partial charge is 0.352 e. The zero-order valence-corrected chi connectivity index (χ0v) is 18.2. The molecule has 0 atom stereocenters. The van der Waals surface area contributed by atoms with E-state index in [0.29, 0.717) is 23.1 Å². The zero-order valence-electron chi connectivity index (χ0n) is 18.2. The maximum Gasteiger partial charge on any atom is 0.282 e. The summed E-state index contributed by atoms with van der Waals surface area (Å²) in [5.74, 6) is -0.0613. The van der Waals surface area contributed by atoms with Crippen LogP contribution < -0.4 is 10.9 Å². The van der Waals surface area contributed by atoms with Crippen molar-refractivity contribution in [2.45, 2.75) is 19.9 Å². The van der Waals surface area contributed by atoms with Gasteiger partial charge in [0.25, 0.3) is 5.56 Å². The van der Waals surface area contributed by atoms with Gasteiger partial charge in [-0.25, -0.2) is 0 Å². The van der Waals surface area contributed by atoms with Crippen molar-refractivity contribution < 1.29 is 4.79 Å². The fourth-order valence-electron chi connectivity index (χ4n) is 4.02. The maximum atomic E-state index is 12.9. The number of carbonyl (C=O) groups excluding carboxylic acids is 1. The Morgan fingerprint density at radius 1 is 0.879 bits per heavy atom. The van der Waals surface area contributed by atoms with E-state index in [2.05, 4.69) is 33.8 Å². The van der Waals surface area contributed by atoms with Gasteiger partial charge in [0.05, 0.1) is 17.5 Å². The lowest BCUT2D eigenvalue weighted by Crippen LogP contribution is -2.25. The van der Waals surface area contributed by atoms with E-state index in [0.717, 1.165) is 27.5 Å². The molecular formula is C27H22N4O2. The molecule has 0 aliphatic heterocycles. The minimum Gasteiger partial charge on any atom is -0.352 e. The molecule has 1 amide bonds. The molecule has 0 unspecified atom stereocenters. The first-order valence-electron chi connectivity index (χ1n) is 10.8. The van der Waals surface area contributed by atoms with Crippen LogP contribution in [0.3, 0.4) is 0 Å². The molecular weight excluding hydrogens is 412 g/mol. The van der Waals surface area contributed by atoms with Crippen LogP contribution in [0.15, 0.2) is 89.7 Å². The summed E-state index contributed by atoms with van der Waals surface area (Å²) in [6.07, 6.45) is 0.253. The molecule has 0 radical (unpaired) electrons. The zero-order chi connectivity index (χ0) is 22.8. The number of hydrogen-bond acceptors (Lipinski definition) is 4. The summed E-state index contributed by atoms with van der Waals surface area (Å²) in [4.78, 5) is 25.4. The van der Waals surface area contributed by atoms with Gasteiger partial charge in [-0.1, -0.05) is 71.9 Å². The van der Waals surface area contributed by atoms with Crippen molar-refractivity contribution in [1.29, 1.82) is 0 Å². The summed E-state index contributed by atoms with van der Waals surface area (Å²) in [5, 5.41) is 14.1. The average molecular weight is 434 g/mol. The molecule has 0 fully saturated rings. The molecule has 5 aromatic rings. The van der Waals surface area contributed by atoms with Crippen LogP contribution in [0.2, 0.25) is 0 Å². The molecule has 0 aliphatic rings. The van der Waals surface area contributed by atoms with E-state index >= 15 is 0 Å². The number of hydrogen-bond donors (Lipinski definition) is 1. The molecule has 162 valence electrons. The second-order valence-electron chi connectivity index (χ2n) is 8.04. The number of carbonyl (C=O) groups is 1. The Morgan fingerprint density at radius 2 is 1.61 bits per heavy atom. The normalized spacial score (nSPS) is 11.1. The highest BCUT2D eigenvalue weighted by molar-refractivity contribution is 5.86. The second kappa shape index (κ2) is 8.67. The number of benzene rings is 4. The van der Waals surface area contributed by atoms with Crippen molar-refractivity contribution >= 4 is 27.6 Å². The van der Waals surface area contributed by atoms with Gasteiger partial charge in [-0.3, -0.25) is 9.59 Å². The summed E-state index contributed by atoms with van der Waals surface area (Å²) in [6.45, 7) is 2.38. The van der Waals surface area contributed by atoms with Crippen molar-refractivity contribution in [2.24, 2.45) is 0 Å².